The number of hydrogen-bond acceptors (Lipinski definition) is 4. The number of fused-ring (bicyclic) bond motifs is 1. The fourth-order valence-corrected chi connectivity index (χ4v) is 4.16. The largest absolute Gasteiger partial charge is 0.353 e. The summed E-state index contributed by atoms with van der Waals surface area (Å²) in [6.07, 6.45) is 2.17. The van der Waals surface area contributed by atoms with Gasteiger partial charge in [0.1, 0.15) is 0 Å². The summed E-state index contributed by atoms with van der Waals surface area (Å²) >= 11 is 1.42. The number of benzene rings is 3. The normalized spacial score (nSPS) is 13.5. The molecule has 1 heterocycles. The summed E-state index contributed by atoms with van der Waals surface area (Å²) in [7, 11) is 0. The molecule has 144 valence electrons. The third-order valence-electron chi connectivity index (χ3n) is 4.95. The molecule has 0 aliphatic heterocycles. The number of carbonyl (C=O) groups is 1. The lowest BCUT2D eigenvalue weighted by atomic mass is 10.0. The van der Waals surface area contributed by atoms with Gasteiger partial charge < -0.3 is 5.32 Å². The molecule has 5 nitrogen and oxygen atoms in total. The lowest BCUT2D eigenvalue weighted by Gasteiger charge is -2.12. The maximum atomic E-state index is 12.2. The predicted octanol–water partition coefficient (Wildman–Crippen LogP) is 4.46. The van der Waals surface area contributed by atoms with Crippen LogP contribution in [-0.2, 0) is 4.79 Å². The van der Waals surface area contributed by atoms with Crippen molar-refractivity contribution in [2.45, 2.75) is 24.0 Å². The van der Waals surface area contributed by atoms with Crippen LogP contribution in [0.25, 0.3) is 27.8 Å². The Hall–Kier alpha value is -3.12. The molecule has 0 bridgehead atoms. The first kappa shape index (κ1) is 17.9. The summed E-state index contributed by atoms with van der Waals surface area (Å²) in [6.45, 7) is 0. The van der Waals surface area contributed by atoms with Crippen LogP contribution in [0.3, 0.4) is 0 Å². The summed E-state index contributed by atoms with van der Waals surface area (Å²) in [4.78, 5) is 12.2. The van der Waals surface area contributed by atoms with Gasteiger partial charge in [0.2, 0.25) is 5.91 Å². The SMILES string of the molecule is O=C(CSc1nnc(-c2cccc3ccccc23)n1-c1ccccc1)NC1CC1. The smallest absolute Gasteiger partial charge is 0.230 e. The molecular formula is C23H20N4OS. The average Bonchev–Trinajstić information content (AvgIpc) is 3.48. The van der Waals surface area contributed by atoms with Gasteiger partial charge in [0, 0.05) is 17.3 Å². The van der Waals surface area contributed by atoms with Crippen molar-refractivity contribution in [3.05, 3.63) is 72.8 Å². The Morgan fingerprint density at radius 2 is 1.72 bits per heavy atom. The standard InChI is InChI=1S/C23H20N4OS/c28-21(24-17-13-14-17)15-29-23-26-25-22(27(23)18-9-2-1-3-10-18)20-12-6-8-16-7-4-5-11-19(16)20/h1-12,17H,13-15H2,(H,24,28). The molecule has 5 rings (SSSR count). The van der Waals surface area contributed by atoms with Crippen LogP contribution in [0.15, 0.2) is 78.0 Å². The Morgan fingerprint density at radius 3 is 2.55 bits per heavy atom. The predicted molar refractivity (Wildman–Crippen MR) is 116 cm³/mol. The van der Waals surface area contributed by atoms with Crippen LogP contribution in [-0.4, -0.2) is 32.5 Å². The Labute approximate surface area is 173 Å². The van der Waals surface area contributed by atoms with Gasteiger partial charge in [-0.05, 0) is 35.7 Å². The van der Waals surface area contributed by atoms with Crippen LogP contribution in [0.4, 0.5) is 0 Å². The molecule has 0 unspecified atom stereocenters. The molecule has 1 saturated carbocycles. The zero-order valence-electron chi connectivity index (χ0n) is 15.8. The maximum absolute atomic E-state index is 12.2. The molecule has 6 heteroatoms. The highest BCUT2D eigenvalue weighted by atomic mass is 32.2. The van der Waals surface area contributed by atoms with Crippen LogP contribution < -0.4 is 5.32 Å². The molecule has 0 radical (unpaired) electrons. The molecule has 1 aliphatic rings. The summed E-state index contributed by atoms with van der Waals surface area (Å²) < 4.78 is 2.04. The van der Waals surface area contributed by atoms with Crippen LogP contribution >= 0.6 is 11.8 Å². The Morgan fingerprint density at radius 1 is 0.966 bits per heavy atom. The van der Waals surface area contributed by atoms with E-state index in [1.807, 2.05) is 53.1 Å². The first-order chi connectivity index (χ1) is 14.3. The molecule has 1 N–H and O–H groups in total. The molecule has 4 aromatic rings. The zero-order chi connectivity index (χ0) is 19.6. The number of thioether (sulfide) groups is 1. The van der Waals surface area contributed by atoms with E-state index in [0.29, 0.717) is 17.0 Å². The fourth-order valence-electron chi connectivity index (χ4n) is 3.40. The van der Waals surface area contributed by atoms with Gasteiger partial charge in [-0.25, -0.2) is 0 Å². The van der Waals surface area contributed by atoms with E-state index in [9.17, 15) is 4.79 Å². The van der Waals surface area contributed by atoms with E-state index in [-0.39, 0.29) is 5.91 Å². The van der Waals surface area contributed by atoms with E-state index in [1.54, 1.807) is 0 Å². The summed E-state index contributed by atoms with van der Waals surface area (Å²) in [5.74, 6) is 1.15. The van der Waals surface area contributed by atoms with Crippen molar-refractivity contribution in [3.8, 4) is 17.1 Å². The molecule has 1 aromatic heterocycles. The van der Waals surface area contributed by atoms with Gasteiger partial charge in [0.15, 0.2) is 11.0 Å². The van der Waals surface area contributed by atoms with Gasteiger partial charge in [-0.15, -0.1) is 10.2 Å². The van der Waals surface area contributed by atoms with Crippen LogP contribution in [0, 0.1) is 0 Å². The highest BCUT2D eigenvalue weighted by molar-refractivity contribution is 7.99. The second-order valence-corrected chi connectivity index (χ2v) is 8.08. The zero-order valence-corrected chi connectivity index (χ0v) is 16.6. The lowest BCUT2D eigenvalue weighted by molar-refractivity contribution is -0.118. The summed E-state index contributed by atoms with van der Waals surface area (Å²) in [5, 5.41) is 15.0. The van der Waals surface area contributed by atoms with Crippen molar-refractivity contribution in [1.29, 1.82) is 0 Å². The number of rotatable bonds is 6. The van der Waals surface area contributed by atoms with Crippen molar-refractivity contribution in [3.63, 3.8) is 0 Å². The molecule has 0 spiro atoms. The number of aromatic nitrogens is 3. The molecular weight excluding hydrogens is 380 g/mol. The molecule has 29 heavy (non-hydrogen) atoms. The number of para-hydroxylation sites is 1. The van der Waals surface area contributed by atoms with E-state index in [4.69, 9.17) is 0 Å². The third-order valence-corrected chi connectivity index (χ3v) is 5.88. The van der Waals surface area contributed by atoms with Gasteiger partial charge >= 0.3 is 0 Å². The van der Waals surface area contributed by atoms with Crippen LogP contribution in [0.5, 0.6) is 0 Å². The van der Waals surface area contributed by atoms with Gasteiger partial charge in [-0.2, -0.15) is 0 Å². The molecule has 1 amide bonds. The third kappa shape index (κ3) is 3.76. The highest BCUT2D eigenvalue weighted by Crippen LogP contribution is 2.32. The molecule has 3 aromatic carbocycles. The molecule has 1 aliphatic carbocycles. The van der Waals surface area contributed by atoms with Gasteiger partial charge in [0.25, 0.3) is 0 Å². The van der Waals surface area contributed by atoms with E-state index in [1.165, 1.54) is 11.8 Å². The highest BCUT2D eigenvalue weighted by Gasteiger charge is 2.24. The van der Waals surface area contributed by atoms with Crippen molar-refractivity contribution < 1.29 is 4.79 Å². The van der Waals surface area contributed by atoms with Crippen molar-refractivity contribution in [2.24, 2.45) is 0 Å². The monoisotopic (exact) mass is 400 g/mol. The van der Waals surface area contributed by atoms with E-state index in [0.717, 1.165) is 40.7 Å². The van der Waals surface area contributed by atoms with E-state index < -0.39 is 0 Å². The molecule has 0 saturated heterocycles. The Bertz CT molecular complexity index is 1160. The minimum absolute atomic E-state index is 0.0480. The van der Waals surface area contributed by atoms with Crippen molar-refractivity contribution in [1.82, 2.24) is 20.1 Å². The second-order valence-electron chi connectivity index (χ2n) is 7.13. The minimum atomic E-state index is 0.0480. The van der Waals surface area contributed by atoms with Gasteiger partial charge in [-0.1, -0.05) is 72.4 Å². The molecule has 1 fully saturated rings. The topological polar surface area (TPSA) is 59.8 Å². The van der Waals surface area contributed by atoms with Gasteiger partial charge in [-0.3, -0.25) is 9.36 Å². The number of nitrogens with zero attached hydrogens (tertiary/aromatic N) is 3. The van der Waals surface area contributed by atoms with Crippen LogP contribution in [0.1, 0.15) is 12.8 Å². The maximum Gasteiger partial charge on any atom is 0.230 e. The quantitative estimate of drug-likeness (QED) is 0.486. The first-order valence-electron chi connectivity index (χ1n) is 9.71. The summed E-state index contributed by atoms with van der Waals surface area (Å²) in [6, 6.07) is 24.9. The minimum Gasteiger partial charge on any atom is -0.353 e. The van der Waals surface area contributed by atoms with Gasteiger partial charge in [0.05, 0.1) is 5.75 Å². The first-order valence-corrected chi connectivity index (χ1v) is 10.7. The molecule has 0 atom stereocenters. The van der Waals surface area contributed by atoms with Crippen LogP contribution in [0.2, 0.25) is 0 Å². The Kier molecular flexibility index (Phi) is 4.77. The number of carbonyl (C=O) groups excluding carboxylic acids is 1. The fraction of sp³-hybridized carbons (Fsp3) is 0.174. The second kappa shape index (κ2) is 7.72. The average molecular weight is 401 g/mol. The van der Waals surface area contributed by atoms with Crippen molar-refractivity contribution in [2.75, 3.05) is 5.75 Å². The number of amides is 1. The summed E-state index contributed by atoms with van der Waals surface area (Å²) in [5.41, 5.74) is 2.00. The number of nitrogens with one attached hydrogen (secondary N) is 1. The van der Waals surface area contributed by atoms with E-state index >= 15 is 0 Å². The lowest BCUT2D eigenvalue weighted by Crippen LogP contribution is -2.27. The van der Waals surface area contributed by atoms with E-state index in [2.05, 4.69) is 39.8 Å². The number of hydrogen-bond donors (Lipinski definition) is 1. The van der Waals surface area contributed by atoms with Crippen molar-refractivity contribution >= 4 is 28.4 Å². The Balaban J connectivity index is 1.56.